The number of nitrogens with zero attached hydrogens (tertiary/aromatic N) is 1. The zero-order valence-corrected chi connectivity index (χ0v) is 13.0. The molecule has 0 amide bonds. The summed E-state index contributed by atoms with van der Waals surface area (Å²) in [6.07, 6.45) is 8.34. The third-order valence-corrected chi connectivity index (χ3v) is 4.52. The highest BCUT2D eigenvalue weighted by atomic mass is 16.5. The SMILES string of the molecule is CCCOc1cncc(C2CC(C(C)C)CCC2N)c1. The van der Waals surface area contributed by atoms with Crippen molar-refractivity contribution in [2.24, 2.45) is 17.6 Å². The standard InChI is InChI=1S/C17H28N2O/c1-4-7-20-15-8-14(10-19-11-15)16-9-13(12(2)3)5-6-17(16)18/h8,10-13,16-17H,4-7,9,18H2,1-3H3. The second-order valence-electron chi connectivity index (χ2n) is 6.39. The fourth-order valence-corrected chi connectivity index (χ4v) is 3.15. The molecule has 3 unspecified atom stereocenters. The van der Waals surface area contributed by atoms with Crippen LogP contribution in [0.15, 0.2) is 18.5 Å². The van der Waals surface area contributed by atoms with Gasteiger partial charge in [0.1, 0.15) is 5.75 Å². The highest BCUT2D eigenvalue weighted by molar-refractivity contribution is 5.28. The Bertz CT molecular complexity index is 419. The third-order valence-electron chi connectivity index (χ3n) is 4.52. The van der Waals surface area contributed by atoms with Gasteiger partial charge in [-0.1, -0.05) is 20.8 Å². The van der Waals surface area contributed by atoms with Gasteiger partial charge in [0, 0.05) is 18.2 Å². The first kappa shape index (κ1) is 15.3. The van der Waals surface area contributed by atoms with Crippen LogP contribution in [0.1, 0.15) is 57.9 Å². The fraction of sp³-hybridized carbons (Fsp3) is 0.706. The third kappa shape index (κ3) is 3.72. The van der Waals surface area contributed by atoms with Crippen molar-refractivity contribution in [3.05, 3.63) is 24.0 Å². The molecule has 3 heteroatoms. The smallest absolute Gasteiger partial charge is 0.137 e. The molecule has 112 valence electrons. The molecule has 2 N–H and O–H groups in total. The number of hydrogen-bond acceptors (Lipinski definition) is 3. The highest BCUT2D eigenvalue weighted by Gasteiger charge is 2.31. The van der Waals surface area contributed by atoms with Crippen molar-refractivity contribution in [1.29, 1.82) is 0 Å². The van der Waals surface area contributed by atoms with Gasteiger partial charge < -0.3 is 10.5 Å². The summed E-state index contributed by atoms with van der Waals surface area (Å²) < 4.78 is 5.69. The van der Waals surface area contributed by atoms with Crippen molar-refractivity contribution < 1.29 is 4.74 Å². The lowest BCUT2D eigenvalue weighted by molar-refractivity contribution is 0.232. The number of pyridine rings is 1. The molecular formula is C17H28N2O. The molecule has 1 aromatic heterocycles. The van der Waals surface area contributed by atoms with Crippen molar-refractivity contribution in [3.63, 3.8) is 0 Å². The average molecular weight is 276 g/mol. The lowest BCUT2D eigenvalue weighted by Crippen LogP contribution is -2.36. The summed E-state index contributed by atoms with van der Waals surface area (Å²) in [5, 5.41) is 0. The van der Waals surface area contributed by atoms with Crippen LogP contribution in [0, 0.1) is 11.8 Å². The molecule has 1 fully saturated rings. The van der Waals surface area contributed by atoms with E-state index in [1.165, 1.54) is 18.4 Å². The molecule has 1 heterocycles. The van der Waals surface area contributed by atoms with E-state index in [2.05, 4.69) is 31.8 Å². The number of rotatable bonds is 5. The molecule has 0 aromatic carbocycles. The van der Waals surface area contributed by atoms with Crippen LogP contribution in [0.2, 0.25) is 0 Å². The summed E-state index contributed by atoms with van der Waals surface area (Å²) in [5.41, 5.74) is 7.60. The Labute approximate surface area is 122 Å². The van der Waals surface area contributed by atoms with Crippen LogP contribution in [-0.2, 0) is 0 Å². The molecule has 3 nitrogen and oxygen atoms in total. The van der Waals surface area contributed by atoms with E-state index in [1.807, 2.05) is 6.20 Å². The van der Waals surface area contributed by atoms with Crippen LogP contribution in [0.4, 0.5) is 0 Å². The quantitative estimate of drug-likeness (QED) is 0.891. The fourth-order valence-electron chi connectivity index (χ4n) is 3.15. The predicted octanol–water partition coefficient (Wildman–Crippen LogP) is 3.74. The van der Waals surface area contributed by atoms with E-state index in [1.54, 1.807) is 6.20 Å². The summed E-state index contributed by atoms with van der Waals surface area (Å²) in [7, 11) is 0. The zero-order valence-electron chi connectivity index (χ0n) is 13.0. The molecule has 0 radical (unpaired) electrons. The Morgan fingerprint density at radius 2 is 2.15 bits per heavy atom. The summed E-state index contributed by atoms with van der Waals surface area (Å²) in [4.78, 5) is 4.34. The van der Waals surface area contributed by atoms with E-state index < -0.39 is 0 Å². The summed E-state index contributed by atoms with van der Waals surface area (Å²) in [5.74, 6) is 2.81. The number of aromatic nitrogens is 1. The van der Waals surface area contributed by atoms with Gasteiger partial charge in [0.15, 0.2) is 0 Å². The molecular weight excluding hydrogens is 248 g/mol. The average Bonchev–Trinajstić information content (AvgIpc) is 2.45. The van der Waals surface area contributed by atoms with Gasteiger partial charge in [-0.25, -0.2) is 0 Å². The lowest BCUT2D eigenvalue weighted by Gasteiger charge is -2.36. The molecule has 20 heavy (non-hydrogen) atoms. The van der Waals surface area contributed by atoms with E-state index in [4.69, 9.17) is 10.5 Å². The van der Waals surface area contributed by atoms with Crippen molar-refractivity contribution in [2.75, 3.05) is 6.61 Å². The van der Waals surface area contributed by atoms with Crippen molar-refractivity contribution in [3.8, 4) is 5.75 Å². The monoisotopic (exact) mass is 276 g/mol. The van der Waals surface area contributed by atoms with Gasteiger partial charge in [-0.15, -0.1) is 0 Å². The van der Waals surface area contributed by atoms with Crippen LogP contribution >= 0.6 is 0 Å². The molecule has 0 spiro atoms. The number of ether oxygens (including phenoxy) is 1. The minimum atomic E-state index is 0.258. The van der Waals surface area contributed by atoms with Crippen molar-refractivity contribution in [2.45, 2.75) is 58.4 Å². The molecule has 0 saturated heterocycles. The van der Waals surface area contributed by atoms with E-state index in [0.29, 0.717) is 5.92 Å². The summed E-state index contributed by atoms with van der Waals surface area (Å²) in [6.45, 7) is 7.49. The number of hydrogen-bond donors (Lipinski definition) is 1. The molecule has 3 atom stereocenters. The van der Waals surface area contributed by atoms with Crippen LogP contribution in [0.3, 0.4) is 0 Å². The maximum absolute atomic E-state index is 6.35. The second-order valence-corrected chi connectivity index (χ2v) is 6.39. The Balaban J connectivity index is 2.11. The number of nitrogens with two attached hydrogens (primary N) is 1. The predicted molar refractivity (Wildman–Crippen MR) is 82.9 cm³/mol. The Morgan fingerprint density at radius 1 is 1.35 bits per heavy atom. The second kappa shape index (κ2) is 7.07. The Morgan fingerprint density at radius 3 is 2.85 bits per heavy atom. The van der Waals surface area contributed by atoms with Crippen LogP contribution in [0.25, 0.3) is 0 Å². The molecule has 1 saturated carbocycles. The first-order chi connectivity index (χ1) is 9.61. The van der Waals surface area contributed by atoms with Gasteiger partial charge >= 0.3 is 0 Å². The molecule has 2 rings (SSSR count). The van der Waals surface area contributed by atoms with Crippen molar-refractivity contribution >= 4 is 0 Å². The van der Waals surface area contributed by atoms with Crippen molar-refractivity contribution in [1.82, 2.24) is 4.98 Å². The lowest BCUT2D eigenvalue weighted by atomic mass is 9.72. The largest absolute Gasteiger partial charge is 0.492 e. The molecule has 0 bridgehead atoms. The first-order valence-corrected chi connectivity index (χ1v) is 7.95. The van der Waals surface area contributed by atoms with Gasteiger partial charge in [-0.05, 0) is 49.1 Å². The summed E-state index contributed by atoms with van der Waals surface area (Å²) >= 11 is 0. The minimum Gasteiger partial charge on any atom is -0.492 e. The highest BCUT2D eigenvalue weighted by Crippen LogP contribution is 2.39. The van der Waals surface area contributed by atoms with E-state index in [9.17, 15) is 0 Å². The molecule has 1 aliphatic rings. The van der Waals surface area contributed by atoms with Gasteiger partial charge in [0.25, 0.3) is 0 Å². The normalized spacial score (nSPS) is 26.8. The van der Waals surface area contributed by atoms with E-state index in [-0.39, 0.29) is 6.04 Å². The molecule has 1 aromatic rings. The van der Waals surface area contributed by atoms with Crippen LogP contribution < -0.4 is 10.5 Å². The molecule has 1 aliphatic carbocycles. The minimum absolute atomic E-state index is 0.258. The van der Waals surface area contributed by atoms with Gasteiger partial charge in [-0.3, -0.25) is 4.98 Å². The zero-order chi connectivity index (χ0) is 14.5. The summed E-state index contributed by atoms with van der Waals surface area (Å²) in [6, 6.07) is 2.39. The van der Waals surface area contributed by atoms with Gasteiger partial charge in [0.05, 0.1) is 12.8 Å². The topological polar surface area (TPSA) is 48.1 Å². The van der Waals surface area contributed by atoms with Gasteiger partial charge in [0.2, 0.25) is 0 Å². The van der Waals surface area contributed by atoms with E-state index >= 15 is 0 Å². The van der Waals surface area contributed by atoms with Crippen LogP contribution in [-0.4, -0.2) is 17.6 Å². The molecule has 0 aliphatic heterocycles. The Kier molecular flexibility index (Phi) is 5.41. The van der Waals surface area contributed by atoms with E-state index in [0.717, 1.165) is 37.0 Å². The maximum Gasteiger partial charge on any atom is 0.137 e. The van der Waals surface area contributed by atoms with Crippen LogP contribution in [0.5, 0.6) is 5.75 Å². The first-order valence-electron chi connectivity index (χ1n) is 7.95. The Hall–Kier alpha value is -1.09. The van der Waals surface area contributed by atoms with Gasteiger partial charge in [-0.2, -0.15) is 0 Å². The maximum atomic E-state index is 6.35.